The molecule has 0 aliphatic heterocycles. The Bertz CT molecular complexity index is 531. The molecule has 0 saturated carbocycles. The van der Waals surface area contributed by atoms with E-state index in [0.29, 0.717) is 29.2 Å². The largest absolute Gasteiger partial charge is 0.463 e. The maximum atomic E-state index is 12.5. The highest BCUT2D eigenvalue weighted by atomic mass is 35.5. The maximum Gasteiger partial charge on any atom is 0.334 e. The van der Waals surface area contributed by atoms with Crippen molar-refractivity contribution in [2.24, 2.45) is 5.92 Å². The SMILES string of the molecule is CCOC(=O)C1=CCCCC1C(=O)c1ccc(Cl)cc1. The van der Waals surface area contributed by atoms with Crippen molar-refractivity contribution in [1.29, 1.82) is 0 Å². The summed E-state index contributed by atoms with van der Waals surface area (Å²) in [7, 11) is 0. The van der Waals surface area contributed by atoms with Crippen LogP contribution in [0.25, 0.3) is 0 Å². The summed E-state index contributed by atoms with van der Waals surface area (Å²) in [5.41, 5.74) is 1.08. The summed E-state index contributed by atoms with van der Waals surface area (Å²) >= 11 is 5.83. The molecule has 2 rings (SSSR count). The van der Waals surface area contributed by atoms with Crippen LogP contribution in [0.4, 0.5) is 0 Å². The molecule has 0 amide bonds. The monoisotopic (exact) mass is 292 g/mol. The van der Waals surface area contributed by atoms with Crippen LogP contribution in [-0.2, 0) is 9.53 Å². The van der Waals surface area contributed by atoms with E-state index in [4.69, 9.17) is 16.3 Å². The summed E-state index contributed by atoms with van der Waals surface area (Å²) in [5, 5.41) is 0.589. The molecular weight excluding hydrogens is 276 g/mol. The molecule has 1 unspecified atom stereocenters. The lowest BCUT2D eigenvalue weighted by Crippen LogP contribution is -2.25. The predicted molar refractivity (Wildman–Crippen MR) is 77.8 cm³/mol. The molecule has 0 heterocycles. The van der Waals surface area contributed by atoms with Crippen molar-refractivity contribution >= 4 is 23.4 Å². The van der Waals surface area contributed by atoms with Gasteiger partial charge in [0.2, 0.25) is 0 Å². The molecule has 0 saturated heterocycles. The van der Waals surface area contributed by atoms with Gasteiger partial charge in [-0.05, 0) is 50.5 Å². The van der Waals surface area contributed by atoms with Crippen molar-refractivity contribution < 1.29 is 14.3 Å². The van der Waals surface area contributed by atoms with Crippen LogP contribution in [0.1, 0.15) is 36.5 Å². The van der Waals surface area contributed by atoms with Gasteiger partial charge in [0.25, 0.3) is 0 Å². The van der Waals surface area contributed by atoms with E-state index in [2.05, 4.69) is 0 Å². The Morgan fingerprint density at radius 1 is 1.30 bits per heavy atom. The van der Waals surface area contributed by atoms with E-state index in [-0.39, 0.29) is 11.8 Å². The van der Waals surface area contributed by atoms with Crippen LogP contribution < -0.4 is 0 Å². The highest BCUT2D eigenvalue weighted by Crippen LogP contribution is 2.29. The van der Waals surface area contributed by atoms with Crippen molar-refractivity contribution in [2.45, 2.75) is 26.2 Å². The summed E-state index contributed by atoms with van der Waals surface area (Å²) in [6, 6.07) is 6.76. The van der Waals surface area contributed by atoms with E-state index in [9.17, 15) is 9.59 Å². The van der Waals surface area contributed by atoms with Gasteiger partial charge in [-0.1, -0.05) is 17.7 Å². The number of hydrogen-bond donors (Lipinski definition) is 0. The number of carbonyl (C=O) groups is 2. The van der Waals surface area contributed by atoms with Crippen molar-refractivity contribution in [3.63, 3.8) is 0 Å². The summed E-state index contributed by atoms with van der Waals surface area (Å²) in [6.45, 7) is 2.08. The standard InChI is InChI=1S/C16H17ClO3/c1-2-20-16(19)14-6-4-3-5-13(14)15(18)11-7-9-12(17)10-8-11/h6-10,13H,2-5H2,1H3. The Labute approximate surface area is 123 Å². The smallest absolute Gasteiger partial charge is 0.334 e. The molecule has 0 bridgehead atoms. The first kappa shape index (κ1) is 14.8. The number of ketones is 1. The zero-order valence-electron chi connectivity index (χ0n) is 11.4. The average Bonchev–Trinajstić information content (AvgIpc) is 2.47. The second kappa shape index (κ2) is 6.71. The van der Waals surface area contributed by atoms with Crippen LogP contribution in [0, 0.1) is 5.92 Å². The third kappa shape index (κ3) is 3.28. The van der Waals surface area contributed by atoms with Crippen LogP contribution in [0.3, 0.4) is 0 Å². The number of ether oxygens (including phenoxy) is 1. The minimum Gasteiger partial charge on any atom is -0.463 e. The number of benzene rings is 1. The zero-order chi connectivity index (χ0) is 14.5. The third-order valence-electron chi connectivity index (χ3n) is 3.39. The van der Waals surface area contributed by atoms with Crippen molar-refractivity contribution in [3.8, 4) is 0 Å². The van der Waals surface area contributed by atoms with Crippen molar-refractivity contribution in [1.82, 2.24) is 0 Å². The van der Waals surface area contributed by atoms with Crippen LogP contribution in [-0.4, -0.2) is 18.4 Å². The normalized spacial score (nSPS) is 18.3. The predicted octanol–water partition coefficient (Wildman–Crippen LogP) is 3.81. The van der Waals surface area contributed by atoms with Crippen molar-refractivity contribution in [2.75, 3.05) is 6.61 Å². The lowest BCUT2D eigenvalue weighted by atomic mass is 9.82. The fourth-order valence-corrected chi connectivity index (χ4v) is 2.53. The highest BCUT2D eigenvalue weighted by molar-refractivity contribution is 6.30. The number of rotatable bonds is 4. The molecular formula is C16H17ClO3. The molecule has 4 heteroatoms. The first-order chi connectivity index (χ1) is 9.63. The lowest BCUT2D eigenvalue weighted by molar-refractivity contribution is -0.139. The van der Waals surface area contributed by atoms with E-state index in [1.807, 2.05) is 6.08 Å². The summed E-state index contributed by atoms with van der Waals surface area (Å²) in [4.78, 5) is 24.5. The van der Waals surface area contributed by atoms with Gasteiger partial charge in [-0.2, -0.15) is 0 Å². The number of Topliss-reactive ketones (excluding diaryl/α,β-unsaturated/α-hetero) is 1. The summed E-state index contributed by atoms with van der Waals surface area (Å²) in [5.74, 6) is -0.816. The molecule has 3 nitrogen and oxygen atoms in total. The highest BCUT2D eigenvalue weighted by Gasteiger charge is 2.30. The van der Waals surface area contributed by atoms with E-state index in [0.717, 1.165) is 12.8 Å². The Morgan fingerprint density at radius 3 is 2.65 bits per heavy atom. The molecule has 106 valence electrons. The molecule has 1 aromatic rings. The molecule has 1 aromatic carbocycles. The fourth-order valence-electron chi connectivity index (χ4n) is 2.40. The van der Waals surface area contributed by atoms with Gasteiger partial charge in [0, 0.05) is 16.2 Å². The number of halogens is 1. The van der Waals surface area contributed by atoms with Gasteiger partial charge in [0.15, 0.2) is 5.78 Å². The van der Waals surface area contributed by atoms with Gasteiger partial charge in [-0.3, -0.25) is 4.79 Å². The van der Waals surface area contributed by atoms with Crippen LogP contribution >= 0.6 is 11.6 Å². The van der Waals surface area contributed by atoms with E-state index < -0.39 is 5.92 Å². The molecule has 1 aliphatic rings. The van der Waals surface area contributed by atoms with Gasteiger partial charge in [-0.15, -0.1) is 0 Å². The first-order valence-corrected chi connectivity index (χ1v) is 7.18. The topological polar surface area (TPSA) is 43.4 Å². The number of hydrogen-bond acceptors (Lipinski definition) is 3. The van der Waals surface area contributed by atoms with Gasteiger partial charge < -0.3 is 4.74 Å². The van der Waals surface area contributed by atoms with Gasteiger partial charge in [0.05, 0.1) is 12.5 Å². The molecule has 0 spiro atoms. The number of carbonyl (C=O) groups excluding carboxylic acids is 2. The molecule has 0 radical (unpaired) electrons. The Kier molecular flexibility index (Phi) is 4.96. The van der Waals surface area contributed by atoms with E-state index in [1.54, 1.807) is 31.2 Å². The van der Waals surface area contributed by atoms with Gasteiger partial charge >= 0.3 is 5.97 Å². The van der Waals surface area contributed by atoms with E-state index >= 15 is 0 Å². The second-order valence-corrected chi connectivity index (χ2v) is 5.17. The molecule has 1 aliphatic carbocycles. The van der Waals surface area contributed by atoms with Gasteiger partial charge in [0.1, 0.15) is 0 Å². The Balaban J connectivity index is 2.22. The van der Waals surface area contributed by atoms with Crippen LogP contribution in [0.2, 0.25) is 5.02 Å². The molecule has 0 aromatic heterocycles. The summed E-state index contributed by atoms with van der Waals surface area (Å²) < 4.78 is 5.04. The minimum atomic E-state index is -0.399. The summed E-state index contributed by atoms with van der Waals surface area (Å²) in [6.07, 6.45) is 4.25. The zero-order valence-corrected chi connectivity index (χ0v) is 12.2. The third-order valence-corrected chi connectivity index (χ3v) is 3.64. The minimum absolute atomic E-state index is 0.0410. The Hall–Kier alpha value is -1.61. The van der Waals surface area contributed by atoms with Crippen molar-refractivity contribution in [3.05, 3.63) is 46.5 Å². The number of esters is 1. The maximum absolute atomic E-state index is 12.5. The molecule has 1 atom stereocenters. The Morgan fingerprint density at radius 2 is 2.00 bits per heavy atom. The second-order valence-electron chi connectivity index (χ2n) is 4.73. The average molecular weight is 293 g/mol. The van der Waals surface area contributed by atoms with Gasteiger partial charge in [-0.25, -0.2) is 4.79 Å². The molecule has 20 heavy (non-hydrogen) atoms. The molecule has 0 fully saturated rings. The number of allylic oxidation sites excluding steroid dienone is 1. The quantitative estimate of drug-likeness (QED) is 0.626. The fraction of sp³-hybridized carbons (Fsp3) is 0.375. The first-order valence-electron chi connectivity index (χ1n) is 6.80. The van der Waals surface area contributed by atoms with Crippen LogP contribution in [0.15, 0.2) is 35.9 Å². The van der Waals surface area contributed by atoms with Crippen LogP contribution in [0.5, 0.6) is 0 Å². The van der Waals surface area contributed by atoms with E-state index in [1.165, 1.54) is 0 Å². The lowest BCUT2D eigenvalue weighted by Gasteiger charge is -2.22. The molecule has 0 N–H and O–H groups in total.